The lowest BCUT2D eigenvalue weighted by atomic mass is 9.78. The van der Waals surface area contributed by atoms with E-state index in [1.807, 2.05) is 0 Å². The highest BCUT2D eigenvalue weighted by atomic mass is 16.6. The Morgan fingerprint density at radius 1 is 1.32 bits per heavy atom. The number of imidazole rings is 1. The average Bonchev–Trinajstić information content (AvgIpc) is 3.12. The summed E-state index contributed by atoms with van der Waals surface area (Å²) in [6, 6.07) is 4.65. The number of amides is 1. The minimum atomic E-state index is -0.474. The first kappa shape index (κ1) is 17.1. The lowest BCUT2D eigenvalue weighted by molar-refractivity contribution is -0.384. The van der Waals surface area contributed by atoms with Crippen LogP contribution in [0.5, 0.6) is 0 Å². The van der Waals surface area contributed by atoms with E-state index in [4.69, 9.17) is 0 Å². The molecule has 1 fully saturated rings. The van der Waals surface area contributed by atoms with Crippen LogP contribution in [-0.4, -0.2) is 26.4 Å². The monoisotopic (exact) mass is 342 g/mol. The topological polar surface area (TPSA) is 90.1 Å². The van der Waals surface area contributed by atoms with Crippen molar-refractivity contribution in [3.05, 3.63) is 52.6 Å². The molecule has 0 spiro atoms. The van der Waals surface area contributed by atoms with E-state index < -0.39 is 4.92 Å². The molecule has 25 heavy (non-hydrogen) atoms. The van der Waals surface area contributed by atoms with E-state index in [0.29, 0.717) is 23.1 Å². The quantitative estimate of drug-likeness (QED) is 0.681. The Morgan fingerprint density at radius 2 is 2.04 bits per heavy atom. The molecule has 2 unspecified atom stereocenters. The molecule has 1 aliphatic rings. The lowest BCUT2D eigenvalue weighted by Crippen LogP contribution is -2.45. The maximum atomic E-state index is 12.6. The van der Waals surface area contributed by atoms with Gasteiger partial charge < -0.3 is 9.88 Å². The van der Waals surface area contributed by atoms with E-state index in [1.165, 1.54) is 18.8 Å². The summed E-state index contributed by atoms with van der Waals surface area (Å²) in [5.74, 6) is 0.562. The third kappa shape index (κ3) is 3.55. The Labute approximate surface area is 146 Å². The minimum Gasteiger partial charge on any atom is -0.349 e. The van der Waals surface area contributed by atoms with Crippen LogP contribution in [0, 0.1) is 22.0 Å². The van der Waals surface area contributed by atoms with Gasteiger partial charge in [-0.15, -0.1) is 0 Å². The highest BCUT2D eigenvalue weighted by Gasteiger charge is 2.29. The van der Waals surface area contributed by atoms with E-state index in [9.17, 15) is 14.9 Å². The predicted molar refractivity (Wildman–Crippen MR) is 93.7 cm³/mol. The van der Waals surface area contributed by atoms with Crippen molar-refractivity contribution in [1.29, 1.82) is 0 Å². The fourth-order valence-corrected chi connectivity index (χ4v) is 3.63. The lowest BCUT2D eigenvalue weighted by Gasteiger charge is -2.35. The predicted octanol–water partition coefficient (Wildman–Crippen LogP) is 3.34. The summed E-state index contributed by atoms with van der Waals surface area (Å²) >= 11 is 0. The molecule has 1 saturated carbocycles. The minimum absolute atomic E-state index is 0.105. The van der Waals surface area contributed by atoms with Crippen molar-refractivity contribution in [1.82, 2.24) is 14.9 Å². The van der Waals surface area contributed by atoms with Gasteiger partial charge >= 0.3 is 0 Å². The molecule has 1 heterocycles. The number of aromatic nitrogens is 2. The van der Waals surface area contributed by atoms with Gasteiger partial charge in [-0.25, -0.2) is 4.98 Å². The van der Waals surface area contributed by atoms with Crippen LogP contribution in [0.25, 0.3) is 5.69 Å². The number of benzene rings is 1. The smallest absolute Gasteiger partial charge is 0.294 e. The number of carbonyl (C=O) groups excluding carboxylic acids is 1. The first-order valence-corrected chi connectivity index (χ1v) is 8.55. The normalized spacial score (nSPS) is 23.2. The van der Waals surface area contributed by atoms with Crippen LogP contribution in [0.4, 0.5) is 5.69 Å². The van der Waals surface area contributed by atoms with Gasteiger partial charge in [0.15, 0.2) is 0 Å². The van der Waals surface area contributed by atoms with Crippen molar-refractivity contribution >= 4 is 11.6 Å². The van der Waals surface area contributed by atoms with Gasteiger partial charge in [-0.2, -0.15) is 0 Å². The zero-order valence-corrected chi connectivity index (χ0v) is 14.4. The standard InChI is InChI=1S/C18H22N4O3/c1-12-4-3-5-13(2)17(12)20-18(23)14-6-7-15(16(10-14)22(24)25)21-9-8-19-11-21/h6-13,17H,3-5H2,1-2H3,(H,20,23). The van der Waals surface area contributed by atoms with Crippen molar-refractivity contribution < 1.29 is 9.72 Å². The summed E-state index contributed by atoms with van der Waals surface area (Å²) in [6.45, 7) is 4.29. The van der Waals surface area contributed by atoms with E-state index in [0.717, 1.165) is 12.8 Å². The third-order valence-electron chi connectivity index (χ3n) is 5.06. The van der Waals surface area contributed by atoms with Crippen molar-refractivity contribution in [3.8, 4) is 5.69 Å². The summed E-state index contributed by atoms with van der Waals surface area (Å²) in [5.41, 5.74) is 0.578. The van der Waals surface area contributed by atoms with Crippen LogP contribution < -0.4 is 5.32 Å². The van der Waals surface area contributed by atoms with Gasteiger partial charge in [-0.3, -0.25) is 14.9 Å². The number of hydrogen-bond acceptors (Lipinski definition) is 4. The zero-order valence-electron chi connectivity index (χ0n) is 14.4. The Bertz CT molecular complexity index is 763. The molecule has 3 rings (SSSR count). The van der Waals surface area contributed by atoms with Crippen LogP contribution in [0.1, 0.15) is 43.5 Å². The molecule has 0 aliphatic heterocycles. The zero-order chi connectivity index (χ0) is 18.0. The number of nitrogens with zero attached hydrogens (tertiary/aromatic N) is 3. The van der Waals surface area contributed by atoms with Crippen LogP contribution >= 0.6 is 0 Å². The van der Waals surface area contributed by atoms with Gasteiger partial charge in [0.05, 0.1) is 11.3 Å². The van der Waals surface area contributed by atoms with E-state index in [1.54, 1.807) is 29.1 Å². The van der Waals surface area contributed by atoms with E-state index in [2.05, 4.69) is 24.1 Å². The van der Waals surface area contributed by atoms with Gasteiger partial charge in [0.25, 0.3) is 11.6 Å². The molecule has 2 atom stereocenters. The molecule has 1 N–H and O–H groups in total. The van der Waals surface area contributed by atoms with Crippen molar-refractivity contribution in [2.75, 3.05) is 0 Å². The van der Waals surface area contributed by atoms with Gasteiger partial charge in [0.2, 0.25) is 0 Å². The summed E-state index contributed by atoms with van der Waals surface area (Å²) in [4.78, 5) is 27.5. The number of carbonyl (C=O) groups is 1. The maximum Gasteiger partial charge on any atom is 0.294 e. The van der Waals surface area contributed by atoms with E-state index >= 15 is 0 Å². The van der Waals surface area contributed by atoms with Crippen molar-refractivity contribution in [2.24, 2.45) is 11.8 Å². The molecule has 1 amide bonds. The molecule has 7 nitrogen and oxygen atoms in total. The third-order valence-corrected chi connectivity index (χ3v) is 5.06. The maximum absolute atomic E-state index is 12.6. The Hall–Kier alpha value is -2.70. The molecule has 0 radical (unpaired) electrons. The van der Waals surface area contributed by atoms with Crippen LogP contribution in [0.15, 0.2) is 36.9 Å². The molecular weight excluding hydrogens is 320 g/mol. The summed E-state index contributed by atoms with van der Waals surface area (Å²) in [6.07, 6.45) is 8.04. The first-order valence-electron chi connectivity index (χ1n) is 8.55. The van der Waals surface area contributed by atoms with Crippen LogP contribution in [0.3, 0.4) is 0 Å². The second kappa shape index (κ2) is 7.04. The number of nitro benzene ring substituents is 1. The molecule has 1 aromatic carbocycles. The average molecular weight is 342 g/mol. The highest BCUT2D eigenvalue weighted by molar-refractivity contribution is 5.95. The fraction of sp³-hybridized carbons (Fsp3) is 0.444. The molecule has 1 aliphatic carbocycles. The molecule has 0 saturated heterocycles. The number of nitrogens with one attached hydrogen (secondary N) is 1. The molecule has 7 heteroatoms. The molecule has 1 aromatic heterocycles. The number of rotatable bonds is 4. The highest BCUT2D eigenvalue weighted by Crippen LogP contribution is 2.29. The van der Waals surface area contributed by atoms with Crippen LogP contribution in [-0.2, 0) is 0 Å². The Kier molecular flexibility index (Phi) is 4.83. The Balaban J connectivity index is 1.86. The molecular formula is C18H22N4O3. The fourth-order valence-electron chi connectivity index (χ4n) is 3.63. The number of nitro groups is 1. The van der Waals surface area contributed by atoms with Crippen molar-refractivity contribution in [3.63, 3.8) is 0 Å². The van der Waals surface area contributed by atoms with Crippen LogP contribution in [0.2, 0.25) is 0 Å². The van der Waals surface area contributed by atoms with Gasteiger partial charge in [-0.1, -0.05) is 20.3 Å². The first-order chi connectivity index (χ1) is 12.0. The summed E-state index contributed by atoms with van der Waals surface area (Å²) in [5, 5.41) is 14.5. The number of hydrogen-bond donors (Lipinski definition) is 1. The largest absolute Gasteiger partial charge is 0.349 e. The van der Waals surface area contributed by atoms with Crippen molar-refractivity contribution in [2.45, 2.75) is 39.2 Å². The second-order valence-electron chi connectivity index (χ2n) is 6.82. The summed E-state index contributed by atoms with van der Waals surface area (Å²) in [7, 11) is 0. The Morgan fingerprint density at radius 3 is 2.64 bits per heavy atom. The van der Waals surface area contributed by atoms with E-state index in [-0.39, 0.29) is 17.6 Å². The van der Waals surface area contributed by atoms with Gasteiger partial charge in [0, 0.05) is 30.1 Å². The molecule has 2 aromatic rings. The molecule has 132 valence electrons. The molecule has 0 bridgehead atoms. The van der Waals surface area contributed by atoms with Gasteiger partial charge in [-0.05, 0) is 36.8 Å². The summed E-state index contributed by atoms with van der Waals surface area (Å²) < 4.78 is 1.56. The SMILES string of the molecule is CC1CCCC(C)C1NC(=O)c1ccc(-n2ccnc2)c([N+](=O)[O-])c1. The second-order valence-corrected chi connectivity index (χ2v) is 6.82. The van der Waals surface area contributed by atoms with Gasteiger partial charge in [0.1, 0.15) is 5.69 Å².